The van der Waals surface area contributed by atoms with Gasteiger partial charge in [-0.3, -0.25) is 63.6 Å². The molecule has 29 nitrogen and oxygen atoms in total. The number of hydrogen-bond acceptors (Lipinski definition) is 17. The van der Waals surface area contributed by atoms with Crippen LogP contribution in [0.2, 0.25) is 0 Å². The van der Waals surface area contributed by atoms with E-state index >= 15 is 0 Å². The Morgan fingerprint density at radius 1 is 0.808 bits per heavy atom. The molecule has 0 spiro atoms. The van der Waals surface area contributed by atoms with Gasteiger partial charge in [0.05, 0.1) is 47.6 Å². The highest BCUT2D eigenvalue weighted by molar-refractivity contribution is 5.96. The van der Waals surface area contributed by atoms with Crippen LogP contribution in [0.1, 0.15) is 90.3 Å². The van der Waals surface area contributed by atoms with Crippen molar-refractivity contribution in [3.63, 3.8) is 0 Å². The van der Waals surface area contributed by atoms with E-state index in [-0.39, 0.29) is 75.0 Å². The largest absolute Gasteiger partial charge is 0.497 e. The molecule has 0 bridgehead atoms. The number of ether oxygens (including phenoxy) is 1. The third-order valence-electron chi connectivity index (χ3n) is 12.5. The molecular formula is C49H68N14O15. The number of fused-ring (bicyclic) bond motifs is 1. The predicted molar refractivity (Wildman–Crippen MR) is 281 cm³/mol. The number of nitrogens with one attached hydrogen (secondary N) is 6. The van der Waals surface area contributed by atoms with Gasteiger partial charge in [-0.05, 0) is 81.0 Å². The molecule has 1 aliphatic rings. The summed E-state index contributed by atoms with van der Waals surface area (Å²) in [6.45, 7) is 7.81. The van der Waals surface area contributed by atoms with Crippen LogP contribution in [0.25, 0.3) is 11.0 Å². The molecule has 0 saturated carbocycles. The number of nitro groups is 2. The molecule has 0 radical (unpaired) electrons. The predicted octanol–water partition coefficient (Wildman–Crippen LogP) is -0.957. The third-order valence-corrected chi connectivity index (χ3v) is 12.5. The Hall–Kier alpha value is -8.76. The second-order valence-corrected chi connectivity index (χ2v) is 19.4. The van der Waals surface area contributed by atoms with Crippen LogP contribution in [-0.2, 0) is 44.8 Å². The van der Waals surface area contributed by atoms with Crippen molar-refractivity contribution >= 4 is 75.6 Å². The standard InChI is InChI=1S/C49H68N14O15/c1-24(2)17-33(59-47(71)35-10-8-16-61(35)39(65)19-27-20-40(66)78-37-22-29(77-6)12-14-30(27)37)45(69)55-23-38(64)57-34(18-25(3)4)46(70)60-42(31-13-11-28(62(73)74)21-36(31)63(75)76)41(50)48(72)56-26(5)44(68)58-32(43(51)67)9-7-15-54-49(52)53/h11-14,20-22,24-26,32-35,41-42H,7-10,15-19,23,50H2,1-6H3,(H2,51,67)(H,55,69)(H,56,72)(H,57,64)(H,58,68)(H,59,71)(H,60,70)(H4,52,53,54)/t26-,32-,33-,34-,35-,41-,42?/m0/s1. The van der Waals surface area contributed by atoms with E-state index in [0.717, 1.165) is 12.1 Å². The minimum Gasteiger partial charge on any atom is -0.497 e. The molecule has 29 heteroatoms. The lowest BCUT2D eigenvalue weighted by molar-refractivity contribution is -0.394. The van der Waals surface area contributed by atoms with E-state index in [2.05, 4.69) is 36.9 Å². The number of primary amides is 1. The Bertz CT molecular complexity index is 2830. The summed E-state index contributed by atoms with van der Waals surface area (Å²) in [5.74, 6) is -7.02. The molecule has 1 unspecified atom stereocenters. The zero-order valence-electron chi connectivity index (χ0n) is 44.0. The maximum Gasteiger partial charge on any atom is 0.336 e. The summed E-state index contributed by atoms with van der Waals surface area (Å²) in [5, 5.41) is 39.4. The third kappa shape index (κ3) is 17.7. The second-order valence-electron chi connectivity index (χ2n) is 19.4. The molecular weight excluding hydrogens is 1020 g/mol. The Kier molecular flexibility index (Phi) is 22.5. The molecule has 4 rings (SSSR count). The first-order valence-electron chi connectivity index (χ1n) is 24.9. The van der Waals surface area contributed by atoms with Crippen molar-refractivity contribution in [1.29, 1.82) is 0 Å². The van der Waals surface area contributed by atoms with Crippen LogP contribution in [-0.4, -0.2) is 131 Å². The molecule has 1 fully saturated rings. The summed E-state index contributed by atoms with van der Waals surface area (Å²) in [4.78, 5) is 148. The number of amides is 8. The SMILES string of the molecule is COc1ccc2c(CC(=O)N3CCC[C@H]3C(=O)N[C@@H](CC(C)C)C(=O)NCC(=O)N[C@@H](CC(C)C)C(=O)NC(c3ccc([N+](=O)[O-])cc3[N+](=O)[O-])[C@H](N)C(=O)N[C@@H](C)C(=O)N[C@@H](CCCN=C(N)N)C(N)=O)cc(=O)oc2c1. The smallest absolute Gasteiger partial charge is 0.336 e. The van der Waals surface area contributed by atoms with Crippen LogP contribution >= 0.6 is 0 Å². The highest BCUT2D eigenvalue weighted by Gasteiger charge is 2.39. The van der Waals surface area contributed by atoms with Crippen molar-refractivity contribution in [2.24, 2.45) is 39.8 Å². The average molecular weight is 1090 g/mol. The maximum absolute atomic E-state index is 14.2. The van der Waals surface area contributed by atoms with E-state index in [9.17, 15) is 63.4 Å². The molecule has 1 aromatic heterocycles. The van der Waals surface area contributed by atoms with E-state index in [1.54, 1.807) is 39.8 Å². The van der Waals surface area contributed by atoms with Crippen molar-refractivity contribution in [3.05, 3.63) is 84.2 Å². The van der Waals surface area contributed by atoms with Crippen LogP contribution in [0.4, 0.5) is 11.4 Å². The topological polar surface area (TPSA) is 454 Å². The summed E-state index contributed by atoms with van der Waals surface area (Å²) < 4.78 is 10.5. The first-order valence-corrected chi connectivity index (χ1v) is 24.9. The number of benzene rings is 2. The number of nitro benzene ring substituents is 2. The van der Waals surface area contributed by atoms with E-state index in [0.29, 0.717) is 29.2 Å². The summed E-state index contributed by atoms with van der Waals surface area (Å²) >= 11 is 0. The number of rotatable bonds is 28. The van der Waals surface area contributed by atoms with Crippen molar-refractivity contribution < 1.29 is 57.4 Å². The molecule has 8 amide bonds. The lowest BCUT2D eigenvalue weighted by Gasteiger charge is -2.29. The first-order chi connectivity index (χ1) is 36.7. The zero-order chi connectivity index (χ0) is 58.1. The van der Waals surface area contributed by atoms with E-state index < -0.39 is 129 Å². The second kappa shape index (κ2) is 28.4. The fraction of sp³-hybridized carbons (Fsp3) is 0.510. The quantitative estimate of drug-likeness (QED) is 0.0105. The number of likely N-dealkylation sites (tertiary alicyclic amines) is 1. The molecule has 1 aliphatic heterocycles. The number of methoxy groups -OCH3 is 1. The molecule has 2 aromatic carbocycles. The normalized spacial score (nSPS) is 15.4. The van der Waals surface area contributed by atoms with E-state index in [4.69, 9.17) is 32.1 Å². The molecule has 0 aliphatic carbocycles. The maximum atomic E-state index is 14.2. The molecule has 14 N–H and O–H groups in total. The van der Waals surface area contributed by atoms with Gasteiger partial charge in [-0.2, -0.15) is 0 Å². The summed E-state index contributed by atoms with van der Waals surface area (Å²) in [5.41, 5.74) is 20.3. The molecule has 2 heterocycles. The highest BCUT2D eigenvalue weighted by atomic mass is 16.6. The number of hydrogen-bond donors (Lipinski definition) is 10. The first kappa shape index (κ1) is 61.8. The van der Waals surface area contributed by atoms with Gasteiger partial charge in [0.1, 0.15) is 47.6 Å². The number of nitrogens with two attached hydrogens (primary N) is 4. The van der Waals surface area contributed by atoms with Crippen molar-refractivity contribution in [2.45, 2.75) is 122 Å². The van der Waals surface area contributed by atoms with Crippen LogP contribution in [0.15, 0.2) is 56.7 Å². The van der Waals surface area contributed by atoms with Gasteiger partial charge in [0, 0.05) is 36.7 Å². The number of guanidine groups is 1. The van der Waals surface area contributed by atoms with Gasteiger partial charge in [-0.15, -0.1) is 0 Å². The van der Waals surface area contributed by atoms with Crippen LogP contribution < -0.4 is 65.2 Å². The van der Waals surface area contributed by atoms with E-state index in [1.165, 1.54) is 31.1 Å². The molecule has 424 valence electrons. The number of nitrogens with zero attached hydrogens (tertiary/aromatic N) is 4. The Morgan fingerprint density at radius 2 is 1.47 bits per heavy atom. The van der Waals surface area contributed by atoms with Crippen molar-refractivity contribution in [2.75, 3.05) is 26.7 Å². The monoisotopic (exact) mass is 1090 g/mol. The minimum atomic E-state index is -1.97. The van der Waals surface area contributed by atoms with Gasteiger partial charge in [-0.1, -0.05) is 27.7 Å². The number of carbonyl (C=O) groups is 8. The lowest BCUT2D eigenvalue weighted by atomic mass is 9.95. The van der Waals surface area contributed by atoms with Crippen LogP contribution in [0.3, 0.4) is 0 Å². The van der Waals surface area contributed by atoms with Gasteiger partial charge >= 0.3 is 5.63 Å². The number of non-ortho nitro benzene ring substituents is 1. The fourth-order valence-electron chi connectivity index (χ4n) is 8.59. The molecule has 78 heavy (non-hydrogen) atoms. The van der Waals surface area contributed by atoms with Gasteiger partial charge in [0.15, 0.2) is 5.96 Å². The van der Waals surface area contributed by atoms with Gasteiger partial charge in [-0.25, -0.2) is 4.79 Å². The Labute approximate surface area is 447 Å². The Morgan fingerprint density at radius 3 is 2.08 bits per heavy atom. The molecule has 3 aromatic rings. The molecule has 7 atom stereocenters. The average Bonchev–Trinajstić information content (AvgIpc) is 3.90. The van der Waals surface area contributed by atoms with Gasteiger partial charge in [0.2, 0.25) is 47.3 Å². The van der Waals surface area contributed by atoms with Crippen molar-refractivity contribution in [1.82, 2.24) is 36.8 Å². The van der Waals surface area contributed by atoms with E-state index in [1.807, 2.05) is 0 Å². The highest BCUT2D eigenvalue weighted by Crippen LogP contribution is 2.32. The lowest BCUT2D eigenvalue weighted by Crippen LogP contribution is -2.58. The van der Waals surface area contributed by atoms with Gasteiger partial charge < -0.3 is 68.9 Å². The summed E-state index contributed by atoms with van der Waals surface area (Å²) in [6.07, 6.45) is 0.769. The summed E-state index contributed by atoms with van der Waals surface area (Å²) in [6, 6.07) is -1.70. The fourth-order valence-corrected chi connectivity index (χ4v) is 8.59. The number of carbonyl (C=O) groups excluding carboxylic acids is 8. The minimum absolute atomic E-state index is 0.00829. The van der Waals surface area contributed by atoms with Crippen LogP contribution in [0, 0.1) is 32.1 Å². The van der Waals surface area contributed by atoms with Crippen molar-refractivity contribution in [3.8, 4) is 5.75 Å². The van der Waals surface area contributed by atoms with Gasteiger partial charge in [0.25, 0.3) is 11.4 Å². The number of aliphatic imine (C=N–C) groups is 1. The van der Waals surface area contributed by atoms with Crippen LogP contribution in [0.5, 0.6) is 5.75 Å². The zero-order valence-corrected chi connectivity index (χ0v) is 44.0. The summed E-state index contributed by atoms with van der Waals surface area (Å²) in [7, 11) is 1.45. The Balaban J connectivity index is 1.49. The molecule has 1 saturated heterocycles.